The number of ether oxygens (including phenoxy) is 2. The lowest BCUT2D eigenvalue weighted by Crippen LogP contribution is -2.38. The molecule has 4 aromatic carbocycles. The summed E-state index contributed by atoms with van der Waals surface area (Å²) in [6, 6.07) is 34.7. The van der Waals surface area contributed by atoms with E-state index in [9.17, 15) is 0 Å². The molecule has 0 aromatic heterocycles. The molecular weight excluding hydrogens is 502 g/mol. The number of hydrogen-bond donors (Lipinski definition) is 0. The maximum absolute atomic E-state index is 7.01. The van der Waals surface area contributed by atoms with Crippen molar-refractivity contribution in [2.75, 3.05) is 0 Å². The van der Waals surface area contributed by atoms with Gasteiger partial charge in [0.25, 0.3) is 0 Å². The smallest absolute Gasteiger partial charge is 0.162 e. The second-order valence-electron chi connectivity index (χ2n) is 12.1. The summed E-state index contributed by atoms with van der Waals surface area (Å²) in [5.74, 6) is 2.05. The van der Waals surface area contributed by atoms with Crippen molar-refractivity contribution in [3.05, 3.63) is 97.1 Å². The first kappa shape index (κ1) is 25.6. The molecule has 4 atom stereocenters. The molecule has 2 heterocycles. The summed E-state index contributed by atoms with van der Waals surface area (Å²) in [5.41, 5.74) is 5.11. The third-order valence-electron chi connectivity index (χ3n) is 7.34. The van der Waals surface area contributed by atoms with Crippen LogP contribution in [-0.4, -0.2) is 22.0 Å². The predicted octanol–water partition coefficient (Wildman–Crippen LogP) is 8.97. The Balaban J connectivity index is 1.50. The van der Waals surface area contributed by atoms with E-state index < -0.39 is 15.8 Å². The Bertz CT molecular complexity index is 1340. The normalized spacial score (nSPS) is 22.4. The van der Waals surface area contributed by atoms with Crippen LogP contribution in [0.4, 0.5) is 0 Å². The summed E-state index contributed by atoms with van der Waals surface area (Å²) in [6.45, 7) is 14.3. The number of fused-ring (bicyclic) bond motifs is 2. The Labute approximate surface area is 229 Å². The number of benzene rings is 4. The molecule has 0 N–H and O–H groups in total. The van der Waals surface area contributed by atoms with Gasteiger partial charge in [-0.15, -0.1) is 0 Å². The van der Waals surface area contributed by atoms with Gasteiger partial charge in [0.15, 0.2) is 11.7 Å². The Morgan fingerprint density at radius 2 is 0.842 bits per heavy atom. The van der Waals surface area contributed by atoms with Crippen LogP contribution >= 0.6 is 15.8 Å². The molecule has 0 saturated carbocycles. The molecular formula is C34H36O2P2. The van der Waals surface area contributed by atoms with Crippen LogP contribution in [0, 0.1) is 0 Å². The van der Waals surface area contributed by atoms with Gasteiger partial charge in [0.05, 0.1) is 0 Å². The van der Waals surface area contributed by atoms with E-state index in [4.69, 9.17) is 9.47 Å². The second-order valence-corrected chi connectivity index (χ2v) is 18.2. The lowest BCUT2D eigenvalue weighted by atomic mass is 10.1. The zero-order valence-corrected chi connectivity index (χ0v) is 24.9. The third kappa shape index (κ3) is 4.37. The van der Waals surface area contributed by atoms with E-state index >= 15 is 0 Å². The highest BCUT2D eigenvalue weighted by atomic mass is 31.1. The zero-order chi connectivity index (χ0) is 26.7. The highest BCUT2D eigenvalue weighted by Crippen LogP contribution is 2.69. The molecule has 2 aliphatic heterocycles. The van der Waals surface area contributed by atoms with Crippen LogP contribution in [0.5, 0.6) is 11.5 Å². The van der Waals surface area contributed by atoms with Crippen molar-refractivity contribution in [2.45, 2.75) is 63.5 Å². The number of hydrogen-bond acceptors (Lipinski definition) is 2. The Hall–Kier alpha value is -2.66. The van der Waals surface area contributed by atoms with Crippen LogP contribution in [0.2, 0.25) is 0 Å². The van der Waals surface area contributed by atoms with Gasteiger partial charge in [-0.3, -0.25) is 0 Å². The van der Waals surface area contributed by atoms with Gasteiger partial charge in [-0.1, -0.05) is 126 Å². The summed E-state index contributed by atoms with van der Waals surface area (Å²) in [7, 11) is -1.38. The fourth-order valence-electron chi connectivity index (χ4n) is 5.86. The molecule has 4 heteroatoms. The largest absolute Gasteiger partial charge is 0.481 e. The molecule has 2 aliphatic rings. The average Bonchev–Trinajstić information content (AvgIpc) is 3.48. The Morgan fingerprint density at radius 1 is 0.474 bits per heavy atom. The van der Waals surface area contributed by atoms with Crippen LogP contribution < -0.4 is 20.1 Å². The lowest BCUT2D eigenvalue weighted by molar-refractivity contribution is 0.171. The predicted molar refractivity (Wildman–Crippen MR) is 165 cm³/mol. The van der Waals surface area contributed by atoms with Crippen molar-refractivity contribution in [3.63, 3.8) is 0 Å². The topological polar surface area (TPSA) is 18.5 Å². The van der Waals surface area contributed by atoms with Gasteiger partial charge in [-0.05, 0) is 60.5 Å². The molecule has 0 unspecified atom stereocenters. The van der Waals surface area contributed by atoms with Gasteiger partial charge < -0.3 is 9.47 Å². The summed E-state index contributed by atoms with van der Waals surface area (Å²) < 4.78 is 14.0. The molecule has 0 amide bonds. The van der Waals surface area contributed by atoms with E-state index in [2.05, 4.69) is 139 Å². The Morgan fingerprint density at radius 3 is 1.18 bits per heavy atom. The van der Waals surface area contributed by atoms with Crippen molar-refractivity contribution in [2.24, 2.45) is 0 Å². The fraction of sp³-hybridized carbons (Fsp3) is 0.294. The molecule has 194 valence electrons. The van der Waals surface area contributed by atoms with E-state index in [1.54, 1.807) is 0 Å². The van der Waals surface area contributed by atoms with Gasteiger partial charge >= 0.3 is 0 Å². The van der Waals surface area contributed by atoms with Gasteiger partial charge in [0.1, 0.15) is 11.5 Å². The van der Waals surface area contributed by atoms with Gasteiger partial charge in [-0.25, -0.2) is 0 Å². The number of rotatable bonds is 3. The van der Waals surface area contributed by atoms with E-state index in [1.165, 1.54) is 32.9 Å². The second kappa shape index (κ2) is 9.51. The lowest BCUT2D eigenvalue weighted by Gasteiger charge is -2.40. The van der Waals surface area contributed by atoms with Crippen molar-refractivity contribution < 1.29 is 9.47 Å². The van der Waals surface area contributed by atoms with Crippen molar-refractivity contribution in [1.29, 1.82) is 0 Å². The SMILES string of the molecule is CC(C)(C)[P@@]1c2c(cccc2-c2ccccc2)O[C@@H]1[C@@H]1Oc2cccc(-c3ccccc3)c2[P@]1C(C)(C)C. The average molecular weight is 539 g/mol. The first-order chi connectivity index (χ1) is 18.1. The van der Waals surface area contributed by atoms with Crippen LogP contribution in [0.3, 0.4) is 0 Å². The molecule has 0 spiro atoms. The van der Waals surface area contributed by atoms with E-state index in [1.807, 2.05) is 0 Å². The van der Waals surface area contributed by atoms with Gasteiger partial charge in [0.2, 0.25) is 0 Å². The first-order valence-electron chi connectivity index (χ1n) is 13.4. The minimum Gasteiger partial charge on any atom is -0.481 e. The van der Waals surface area contributed by atoms with Crippen molar-refractivity contribution >= 4 is 26.5 Å². The molecule has 0 fully saturated rings. The minimum absolute atomic E-state index is 0.00813. The molecule has 6 rings (SSSR count). The first-order valence-corrected chi connectivity index (χ1v) is 16.3. The quantitative estimate of drug-likeness (QED) is 0.242. The molecule has 4 aromatic rings. The van der Waals surface area contributed by atoms with Crippen molar-refractivity contribution in [1.82, 2.24) is 0 Å². The summed E-state index contributed by atoms with van der Waals surface area (Å²) in [5, 5.41) is 2.88. The van der Waals surface area contributed by atoms with Crippen LogP contribution in [0.1, 0.15) is 41.5 Å². The standard InChI is InChI=1S/C34H36O2P2/c1-33(2,3)37-29-25(23-15-9-7-10-16-23)19-13-21-27(29)35-31(37)32-36-28-22-14-20-26(24-17-11-8-12-18-24)30(28)38(32)34(4,5)6/h7-22,31-32H,1-6H3/t31-,32+,37-,38-/m0/s1. The van der Waals surface area contributed by atoms with Crippen LogP contribution in [0.25, 0.3) is 22.3 Å². The molecule has 0 aliphatic carbocycles. The summed E-state index contributed by atoms with van der Waals surface area (Å²) in [6.07, 6.45) is 0. The molecule has 0 bridgehead atoms. The minimum atomic E-state index is -0.692. The van der Waals surface area contributed by atoms with Gasteiger partial charge in [-0.2, -0.15) is 0 Å². The monoisotopic (exact) mass is 538 g/mol. The zero-order valence-electron chi connectivity index (χ0n) is 23.1. The van der Waals surface area contributed by atoms with E-state index in [0.717, 1.165) is 11.5 Å². The summed E-state index contributed by atoms with van der Waals surface area (Å²) >= 11 is 0. The van der Waals surface area contributed by atoms with Crippen LogP contribution in [0.15, 0.2) is 97.1 Å². The summed E-state index contributed by atoms with van der Waals surface area (Å²) in [4.78, 5) is 0. The molecule has 0 radical (unpaired) electrons. The van der Waals surface area contributed by atoms with Crippen molar-refractivity contribution in [3.8, 4) is 33.8 Å². The molecule has 38 heavy (non-hydrogen) atoms. The highest BCUT2D eigenvalue weighted by Gasteiger charge is 2.55. The van der Waals surface area contributed by atoms with E-state index in [0.29, 0.717) is 0 Å². The van der Waals surface area contributed by atoms with Gasteiger partial charge in [0, 0.05) is 10.6 Å². The fourth-order valence-corrected chi connectivity index (χ4v) is 12.8. The van der Waals surface area contributed by atoms with E-state index in [-0.39, 0.29) is 22.0 Å². The third-order valence-corrected chi connectivity index (χ3v) is 14.1. The molecule has 0 saturated heterocycles. The maximum Gasteiger partial charge on any atom is 0.162 e. The van der Waals surface area contributed by atoms with Crippen LogP contribution in [-0.2, 0) is 0 Å². The Kier molecular flexibility index (Phi) is 6.41. The molecule has 2 nitrogen and oxygen atoms in total. The maximum atomic E-state index is 7.01. The highest BCUT2D eigenvalue weighted by molar-refractivity contribution is 7.72.